The number of primary amides is 1. The third kappa shape index (κ3) is 5.14. The van der Waals surface area contributed by atoms with Crippen LogP contribution in [0.5, 0.6) is 0 Å². The average Bonchev–Trinajstić information content (AvgIpc) is 2.28. The van der Waals surface area contributed by atoms with Crippen molar-refractivity contribution in [2.75, 3.05) is 0 Å². The predicted molar refractivity (Wildman–Crippen MR) is 74.0 cm³/mol. The van der Waals surface area contributed by atoms with Crippen molar-refractivity contribution in [3.8, 4) is 0 Å². The monoisotopic (exact) mass is 310 g/mol. The molecule has 0 aromatic heterocycles. The van der Waals surface area contributed by atoms with Crippen LogP contribution in [0.1, 0.15) is 12.0 Å². The normalized spacial score (nSPS) is 11.6. The van der Waals surface area contributed by atoms with Crippen molar-refractivity contribution in [3.05, 3.63) is 47.0 Å². The maximum Gasteiger partial charge on any atom is 0.240 e. The van der Waals surface area contributed by atoms with Gasteiger partial charge in [-0.25, -0.2) is 0 Å². The van der Waals surface area contributed by atoms with Crippen LogP contribution in [-0.2, 0) is 16.0 Å². The standard InChI is InChI=1S/C13H15BrN2O2/c1-9(14)7-11(13(15)18)16-12(17)8-10-5-3-2-4-6-10/h2-6,11H,1,7-8H2,(H2,15,18)(H,16,17)/t11-/m1/s1. The highest BCUT2D eigenvalue weighted by molar-refractivity contribution is 9.11. The van der Waals surface area contributed by atoms with E-state index in [4.69, 9.17) is 5.73 Å². The van der Waals surface area contributed by atoms with Gasteiger partial charge < -0.3 is 11.1 Å². The second-order valence-electron chi connectivity index (χ2n) is 3.91. The minimum absolute atomic E-state index is 0.222. The van der Waals surface area contributed by atoms with Gasteiger partial charge in [0.2, 0.25) is 11.8 Å². The Labute approximate surface area is 114 Å². The van der Waals surface area contributed by atoms with E-state index in [1.165, 1.54) is 0 Å². The summed E-state index contributed by atoms with van der Waals surface area (Å²) in [7, 11) is 0. The van der Waals surface area contributed by atoms with E-state index in [9.17, 15) is 9.59 Å². The van der Waals surface area contributed by atoms with Crippen LogP contribution < -0.4 is 11.1 Å². The summed E-state index contributed by atoms with van der Waals surface area (Å²) in [6, 6.07) is 8.56. The van der Waals surface area contributed by atoms with Crippen LogP contribution in [0.2, 0.25) is 0 Å². The number of rotatable bonds is 6. The molecule has 1 rings (SSSR count). The lowest BCUT2D eigenvalue weighted by Gasteiger charge is -2.14. The van der Waals surface area contributed by atoms with Crippen molar-refractivity contribution < 1.29 is 9.59 Å². The van der Waals surface area contributed by atoms with E-state index in [0.717, 1.165) is 5.56 Å². The van der Waals surface area contributed by atoms with Crippen LogP contribution in [0.15, 0.2) is 41.4 Å². The molecule has 0 unspecified atom stereocenters. The van der Waals surface area contributed by atoms with Gasteiger partial charge in [-0.1, -0.05) is 52.8 Å². The number of halogens is 1. The van der Waals surface area contributed by atoms with E-state index in [1.54, 1.807) is 0 Å². The molecular weight excluding hydrogens is 296 g/mol. The molecule has 5 heteroatoms. The van der Waals surface area contributed by atoms with Crippen molar-refractivity contribution >= 4 is 27.7 Å². The van der Waals surface area contributed by atoms with Crippen LogP contribution in [-0.4, -0.2) is 17.9 Å². The lowest BCUT2D eigenvalue weighted by atomic mass is 10.1. The van der Waals surface area contributed by atoms with Gasteiger partial charge in [0.05, 0.1) is 6.42 Å². The fraction of sp³-hybridized carbons (Fsp3) is 0.231. The number of hydrogen-bond donors (Lipinski definition) is 2. The van der Waals surface area contributed by atoms with Gasteiger partial charge in [0.1, 0.15) is 6.04 Å². The number of amides is 2. The van der Waals surface area contributed by atoms with E-state index in [2.05, 4.69) is 27.8 Å². The van der Waals surface area contributed by atoms with E-state index < -0.39 is 11.9 Å². The molecule has 4 nitrogen and oxygen atoms in total. The Bertz CT molecular complexity index is 446. The molecule has 0 saturated carbocycles. The largest absolute Gasteiger partial charge is 0.368 e. The molecule has 1 aromatic carbocycles. The number of benzene rings is 1. The van der Waals surface area contributed by atoms with Gasteiger partial charge in [-0.05, 0) is 10.0 Å². The molecular formula is C13H15BrN2O2. The number of carbonyl (C=O) groups is 2. The number of carbonyl (C=O) groups excluding carboxylic acids is 2. The third-order valence-electron chi connectivity index (χ3n) is 2.31. The SMILES string of the molecule is C=C(Br)C[C@@H](NC(=O)Cc1ccccc1)C(N)=O. The van der Waals surface area contributed by atoms with Crippen LogP contribution >= 0.6 is 15.9 Å². The zero-order valence-corrected chi connectivity index (χ0v) is 11.4. The minimum atomic E-state index is -0.729. The fourth-order valence-electron chi connectivity index (χ4n) is 1.47. The predicted octanol–water partition coefficient (Wildman–Crippen LogP) is 1.50. The first kappa shape index (κ1) is 14.4. The summed E-state index contributed by atoms with van der Waals surface area (Å²) >= 11 is 3.15. The highest BCUT2D eigenvalue weighted by Crippen LogP contribution is 2.10. The van der Waals surface area contributed by atoms with Crippen molar-refractivity contribution in [2.45, 2.75) is 18.9 Å². The first-order valence-corrected chi connectivity index (χ1v) is 6.24. The zero-order chi connectivity index (χ0) is 13.5. The van der Waals surface area contributed by atoms with Crippen molar-refractivity contribution in [1.82, 2.24) is 5.32 Å². The molecule has 1 atom stereocenters. The molecule has 3 N–H and O–H groups in total. The maximum atomic E-state index is 11.7. The summed E-state index contributed by atoms with van der Waals surface area (Å²) in [5, 5.41) is 2.59. The summed E-state index contributed by atoms with van der Waals surface area (Å²) in [4.78, 5) is 22.9. The highest BCUT2D eigenvalue weighted by Gasteiger charge is 2.18. The minimum Gasteiger partial charge on any atom is -0.368 e. The number of hydrogen-bond acceptors (Lipinski definition) is 2. The van der Waals surface area contributed by atoms with Crippen LogP contribution in [0, 0.1) is 0 Å². The Balaban J connectivity index is 2.56. The lowest BCUT2D eigenvalue weighted by Crippen LogP contribution is -2.45. The number of nitrogens with one attached hydrogen (secondary N) is 1. The van der Waals surface area contributed by atoms with Gasteiger partial charge in [-0.15, -0.1) is 0 Å². The Morgan fingerprint density at radius 3 is 2.44 bits per heavy atom. The van der Waals surface area contributed by atoms with Gasteiger partial charge in [0.25, 0.3) is 0 Å². The molecule has 1 aromatic rings. The summed E-state index contributed by atoms with van der Waals surface area (Å²) in [6.45, 7) is 3.63. The summed E-state index contributed by atoms with van der Waals surface area (Å²) < 4.78 is 0.617. The third-order valence-corrected chi connectivity index (χ3v) is 2.64. The second-order valence-corrected chi connectivity index (χ2v) is 5.03. The van der Waals surface area contributed by atoms with E-state index >= 15 is 0 Å². The number of nitrogens with two attached hydrogens (primary N) is 1. The Morgan fingerprint density at radius 2 is 1.94 bits per heavy atom. The quantitative estimate of drug-likeness (QED) is 0.835. The average molecular weight is 311 g/mol. The first-order chi connectivity index (χ1) is 8.49. The van der Waals surface area contributed by atoms with Gasteiger partial charge in [-0.3, -0.25) is 9.59 Å². The topological polar surface area (TPSA) is 72.2 Å². The van der Waals surface area contributed by atoms with Crippen molar-refractivity contribution in [2.24, 2.45) is 5.73 Å². The van der Waals surface area contributed by atoms with E-state index in [1.807, 2.05) is 30.3 Å². The summed E-state index contributed by atoms with van der Waals surface area (Å²) in [6.07, 6.45) is 0.509. The van der Waals surface area contributed by atoms with Crippen LogP contribution in [0.4, 0.5) is 0 Å². The highest BCUT2D eigenvalue weighted by atomic mass is 79.9. The lowest BCUT2D eigenvalue weighted by molar-refractivity contribution is -0.126. The van der Waals surface area contributed by atoms with E-state index in [0.29, 0.717) is 4.48 Å². The molecule has 0 bridgehead atoms. The Hall–Kier alpha value is -1.62. The molecule has 0 saturated heterocycles. The molecule has 2 amide bonds. The van der Waals surface area contributed by atoms with Gasteiger partial charge in [-0.2, -0.15) is 0 Å². The van der Waals surface area contributed by atoms with Crippen LogP contribution in [0.25, 0.3) is 0 Å². The van der Waals surface area contributed by atoms with E-state index in [-0.39, 0.29) is 18.7 Å². The fourth-order valence-corrected chi connectivity index (χ4v) is 1.79. The first-order valence-electron chi connectivity index (χ1n) is 5.45. The Kier molecular flexibility index (Phi) is 5.58. The molecule has 0 aliphatic heterocycles. The molecule has 0 fully saturated rings. The molecule has 96 valence electrons. The summed E-state index contributed by atoms with van der Waals surface area (Å²) in [5.41, 5.74) is 6.10. The van der Waals surface area contributed by atoms with Gasteiger partial charge in [0.15, 0.2) is 0 Å². The molecule has 0 aliphatic rings. The van der Waals surface area contributed by atoms with Crippen molar-refractivity contribution in [3.63, 3.8) is 0 Å². The zero-order valence-electron chi connectivity index (χ0n) is 9.86. The molecule has 0 radical (unpaired) electrons. The molecule has 0 spiro atoms. The smallest absolute Gasteiger partial charge is 0.240 e. The van der Waals surface area contributed by atoms with Crippen LogP contribution in [0.3, 0.4) is 0 Å². The summed E-state index contributed by atoms with van der Waals surface area (Å²) in [5.74, 6) is -0.809. The van der Waals surface area contributed by atoms with Gasteiger partial charge in [0, 0.05) is 6.42 Å². The second kappa shape index (κ2) is 6.96. The van der Waals surface area contributed by atoms with Gasteiger partial charge >= 0.3 is 0 Å². The van der Waals surface area contributed by atoms with Crippen molar-refractivity contribution in [1.29, 1.82) is 0 Å². The molecule has 0 heterocycles. The molecule has 18 heavy (non-hydrogen) atoms. The maximum absolute atomic E-state index is 11.7. The molecule has 0 aliphatic carbocycles. The Morgan fingerprint density at radius 1 is 1.33 bits per heavy atom.